The Hall–Kier alpha value is -0.860. The van der Waals surface area contributed by atoms with Gasteiger partial charge in [0.05, 0.1) is 12.9 Å². The second-order valence-electron chi connectivity index (χ2n) is 1.91. The molecule has 44 valence electrons. The molecule has 1 aliphatic heterocycles. The van der Waals surface area contributed by atoms with Gasteiger partial charge in [0.2, 0.25) is 0 Å². The summed E-state index contributed by atoms with van der Waals surface area (Å²) in [6.45, 7) is 0.883. The van der Waals surface area contributed by atoms with Crippen molar-refractivity contribution < 1.29 is 4.79 Å². The maximum Gasteiger partial charge on any atom is 0.173 e. The fourth-order valence-corrected chi connectivity index (χ4v) is 0.651. The number of carbonyl (C=O) groups is 1. The topological polar surface area (TPSA) is 32.7 Å². The third kappa shape index (κ3) is 1.05. The first-order chi connectivity index (χ1) is 3.79. The standard InChI is InChI=1S/C5H8N2O/c1-7-3-5(8)2-6-4-7/h4H,2-3H2,1H3. The van der Waals surface area contributed by atoms with E-state index >= 15 is 0 Å². The molecule has 3 nitrogen and oxygen atoms in total. The van der Waals surface area contributed by atoms with Crippen molar-refractivity contribution in [2.45, 2.75) is 0 Å². The first-order valence-electron chi connectivity index (χ1n) is 2.51. The van der Waals surface area contributed by atoms with E-state index in [1.807, 2.05) is 7.05 Å². The molecule has 0 unspecified atom stereocenters. The summed E-state index contributed by atoms with van der Waals surface area (Å²) in [5.41, 5.74) is 0. The zero-order valence-electron chi connectivity index (χ0n) is 4.79. The van der Waals surface area contributed by atoms with Crippen LogP contribution in [0.15, 0.2) is 4.99 Å². The van der Waals surface area contributed by atoms with E-state index in [1.165, 1.54) is 0 Å². The molecule has 0 atom stereocenters. The molecule has 1 heterocycles. The van der Waals surface area contributed by atoms with Crippen LogP contribution in [0.25, 0.3) is 0 Å². The number of likely N-dealkylation sites (N-methyl/N-ethyl adjacent to an activating group) is 1. The monoisotopic (exact) mass is 112 g/mol. The summed E-state index contributed by atoms with van der Waals surface area (Å²) in [7, 11) is 1.83. The largest absolute Gasteiger partial charge is 0.359 e. The van der Waals surface area contributed by atoms with Gasteiger partial charge in [0.1, 0.15) is 6.54 Å². The number of hydrogen-bond donors (Lipinski definition) is 0. The molecule has 0 aromatic heterocycles. The molecule has 1 rings (SSSR count). The maximum atomic E-state index is 10.5. The van der Waals surface area contributed by atoms with E-state index in [1.54, 1.807) is 11.2 Å². The minimum absolute atomic E-state index is 0.190. The van der Waals surface area contributed by atoms with Crippen molar-refractivity contribution in [1.29, 1.82) is 0 Å². The summed E-state index contributed by atoms with van der Waals surface area (Å²) in [6, 6.07) is 0. The van der Waals surface area contributed by atoms with Crippen LogP contribution in [0.5, 0.6) is 0 Å². The number of rotatable bonds is 0. The Bertz CT molecular complexity index is 130. The van der Waals surface area contributed by atoms with Gasteiger partial charge in [0.15, 0.2) is 5.78 Å². The molecule has 0 bridgehead atoms. The predicted octanol–water partition coefficient (Wildman–Crippen LogP) is -0.471. The number of nitrogens with zero attached hydrogens (tertiary/aromatic N) is 2. The highest BCUT2D eigenvalue weighted by Crippen LogP contribution is 1.86. The van der Waals surface area contributed by atoms with Crippen molar-refractivity contribution in [3.05, 3.63) is 0 Å². The number of hydrogen-bond acceptors (Lipinski definition) is 3. The fraction of sp³-hybridized carbons (Fsp3) is 0.600. The van der Waals surface area contributed by atoms with Gasteiger partial charge in [-0.05, 0) is 0 Å². The van der Waals surface area contributed by atoms with Crippen LogP contribution in [0.3, 0.4) is 0 Å². The van der Waals surface area contributed by atoms with Gasteiger partial charge < -0.3 is 4.90 Å². The first-order valence-corrected chi connectivity index (χ1v) is 2.51. The molecule has 0 aliphatic carbocycles. The Labute approximate surface area is 48.0 Å². The lowest BCUT2D eigenvalue weighted by atomic mass is 10.3. The molecule has 0 aromatic rings. The Morgan fingerprint density at radius 2 is 2.62 bits per heavy atom. The Morgan fingerprint density at radius 1 is 1.88 bits per heavy atom. The van der Waals surface area contributed by atoms with Gasteiger partial charge in [0.25, 0.3) is 0 Å². The highest BCUT2D eigenvalue weighted by molar-refractivity contribution is 5.87. The fourth-order valence-electron chi connectivity index (χ4n) is 0.651. The van der Waals surface area contributed by atoms with Gasteiger partial charge in [-0.3, -0.25) is 9.79 Å². The van der Waals surface area contributed by atoms with Crippen LogP contribution in [0, 0.1) is 0 Å². The quantitative estimate of drug-likeness (QED) is 0.424. The maximum absolute atomic E-state index is 10.5. The number of Topliss-reactive ketones (excluding diaryl/α,β-unsaturated/α-hetero) is 1. The molecule has 0 spiro atoms. The molecule has 0 fully saturated rings. The number of aliphatic imine (C=N–C) groups is 1. The van der Waals surface area contributed by atoms with Gasteiger partial charge >= 0.3 is 0 Å². The van der Waals surface area contributed by atoms with Crippen LogP contribution in [0.4, 0.5) is 0 Å². The lowest BCUT2D eigenvalue weighted by molar-refractivity contribution is -0.118. The van der Waals surface area contributed by atoms with Gasteiger partial charge in [-0.25, -0.2) is 0 Å². The zero-order chi connectivity index (χ0) is 5.98. The molecule has 0 radical (unpaired) electrons. The van der Waals surface area contributed by atoms with E-state index in [0.717, 1.165) is 0 Å². The molecule has 3 heteroatoms. The highest BCUT2D eigenvalue weighted by atomic mass is 16.1. The summed E-state index contributed by atoms with van der Waals surface area (Å²) in [5, 5.41) is 0. The molecule has 0 amide bonds. The van der Waals surface area contributed by atoms with Gasteiger partial charge in [0, 0.05) is 7.05 Å². The molecule has 1 aliphatic rings. The molecular weight excluding hydrogens is 104 g/mol. The van der Waals surface area contributed by atoms with E-state index in [-0.39, 0.29) is 5.78 Å². The van der Waals surface area contributed by atoms with Crippen LogP contribution >= 0.6 is 0 Å². The molecule has 8 heavy (non-hydrogen) atoms. The Kier molecular flexibility index (Phi) is 1.28. The van der Waals surface area contributed by atoms with E-state index in [4.69, 9.17) is 0 Å². The SMILES string of the molecule is CN1C=NCC(=O)C1. The molecule has 0 aromatic carbocycles. The van der Waals surface area contributed by atoms with Crippen LogP contribution in [-0.2, 0) is 4.79 Å². The third-order valence-electron chi connectivity index (χ3n) is 0.972. The van der Waals surface area contributed by atoms with E-state index in [0.29, 0.717) is 13.1 Å². The minimum atomic E-state index is 0.190. The summed E-state index contributed by atoms with van der Waals surface area (Å²) in [6.07, 6.45) is 1.68. The van der Waals surface area contributed by atoms with Gasteiger partial charge in [-0.2, -0.15) is 0 Å². The van der Waals surface area contributed by atoms with Crippen LogP contribution in [0.2, 0.25) is 0 Å². The molecule has 0 saturated carbocycles. The Balaban J connectivity index is 2.54. The summed E-state index contributed by atoms with van der Waals surface area (Å²) in [4.78, 5) is 16.1. The van der Waals surface area contributed by atoms with Crippen molar-refractivity contribution in [1.82, 2.24) is 4.90 Å². The lowest BCUT2D eigenvalue weighted by Gasteiger charge is -2.14. The lowest BCUT2D eigenvalue weighted by Crippen LogP contribution is -2.30. The minimum Gasteiger partial charge on any atom is -0.359 e. The highest BCUT2D eigenvalue weighted by Gasteiger charge is 2.06. The molecule has 0 saturated heterocycles. The number of ketones is 1. The van der Waals surface area contributed by atoms with E-state index in [9.17, 15) is 4.79 Å². The third-order valence-corrected chi connectivity index (χ3v) is 0.972. The zero-order valence-corrected chi connectivity index (χ0v) is 4.79. The number of carbonyl (C=O) groups excluding carboxylic acids is 1. The van der Waals surface area contributed by atoms with Crippen LogP contribution in [0.1, 0.15) is 0 Å². The van der Waals surface area contributed by atoms with Crippen LogP contribution in [-0.4, -0.2) is 37.2 Å². The van der Waals surface area contributed by atoms with E-state index < -0.39 is 0 Å². The smallest absolute Gasteiger partial charge is 0.173 e. The van der Waals surface area contributed by atoms with Crippen molar-refractivity contribution in [2.24, 2.45) is 4.99 Å². The van der Waals surface area contributed by atoms with Crippen molar-refractivity contribution in [2.75, 3.05) is 20.1 Å². The second kappa shape index (κ2) is 1.94. The first kappa shape index (κ1) is 5.28. The summed E-state index contributed by atoms with van der Waals surface area (Å²) < 4.78 is 0. The average molecular weight is 112 g/mol. The van der Waals surface area contributed by atoms with Crippen LogP contribution < -0.4 is 0 Å². The van der Waals surface area contributed by atoms with Gasteiger partial charge in [-0.15, -0.1) is 0 Å². The van der Waals surface area contributed by atoms with Gasteiger partial charge in [-0.1, -0.05) is 0 Å². The van der Waals surface area contributed by atoms with Crippen molar-refractivity contribution >= 4 is 12.1 Å². The molecule has 0 N–H and O–H groups in total. The summed E-state index contributed by atoms with van der Waals surface area (Å²) in [5.74, 6) is 0.190. The van der Waals surface area contributed by atoms with Crippen molar-refractivity contribution in [3.8, 4) is 0 Å². The average Bonchev–Trinajstić information content (AvgIpc) is 1.64. The normalized spacial score (nSPS) is 19.6. The van der Waals surface area contributed by atoms with E-state index in [2.05, 4.69) is 4.99 Å². The second-order valence-corrected chi connectivity index (χ2v) is 1.91. The molecular formula is C5H8N2O. The summed E-state index contributed by atoms with van der Waals surface area (Å²) >= 11 is 0. The predicted molar refractivity (Wildman–Crippen MR) is 31.0 cm³/mol. The Morgan fingerprint density at radius 3 is 3.00 bits per heavy atom. The van der Waals surface area contributed by atoms with Crippen molar-refractivity contribution in [3.63, 3.8) is 0 Å².